The van der Waals surface area contributed by atoms with Crippen molar-refractivity contribution in [1.29, 1.82) is 0 Å². The Morgan fingerprint density at radius 2 is 1.47 bits per heavy atom. The lowest BCUT2D eigenvalue weighted by atomic mass is 10.2. The van der Waals surface area contributed by atoms with Gasteiger partial charge < -0.3 is 14.3 Å². The molecule has 0 unspecified atom stereocenters. The third-order valence-electron chi connectivity index (χ3n) is 5.25. The van der Waals surface area contributed by atoms with E-state index in [2.05, 4.69) is 49.2 Å². The first-order chi connectivity index (χ1) is 14.8. The van der Waals surface area contributed by atoms with Gasteiger partial charge in [0.15, 0.2) is 0 Å². The van der Waals surface area contributed by atoms with E-state index in [9.17, 15) is 4.39 Å². The molecule has 4 aromatic rings. The van der Waals surface area contributed by atoms with Gasteiger partial charge in [-0.05, 0) is 48.5 Å². The molecule has 0 atom stereocenters. The molecule has 0 aliphatic carbocycles. The van der Waals surface area contributed by atoms with E-state index in [0.717, 1.165) is 37.6 Å². The van der Waals surface area contributed by atoms with Crippen LogP contribution in [0.15, 0.2) is 77.4 Å². The number of anilines is 2. The number of piperazine rings is 1. The Morgan fingerprint density at radius 3 is 2.17 bits per heavy atom. The van der Waals surface area contributed by atoms with Crippen molar-refractivity contribution in [2.45, 2.75) is 0 Å². The average Bonchev–Trinajstić information content (AvgIpc) is 3.31. The van der Waals surface area contributed by atoms with E-state index in [1.165, 1.54) is 17.8 Å². The smallest absolute Gasteiger partial charge is 0.259 e. The largest absolute Gasteiger partial charge is 0.368 e. The standard InChI is InChI=1S/C23H20FN5O/c24-19-9-6-17(7-10-19)22-26-23(30-27-22)18-8-11-21(25-16-18)29-14-12-28(13-15-29)20-4-2-1-3-5-20/h1-11,16H,12-15H2. The zero-order valence-corrected chi connectivity index (χ0v) is 16.3. The highest BCUT2D eigenvalue weighted by molar-refractivity contribution is 5.60. The normalized spacial score (nSPS) is 14.2. The molecule has 0 N–H and O–H groups in total. The lowest BCUT2D eigenvalue weighted by molar-refractivity contribution is 0.432. The van der Waals surface area contributed by atoms with Gasteiger partial charge in [-0.2, -0.15) is 4.98 Å². The predicted molar refractivity (Wildman–Crippen MR) is 114 cm³/mol. The first-order valence-corrected chi connectivity index (χ1v) is 9.87. The SMILES string of the molecule is Fc1ccc(-c2noc(-c3ccc(N4CCN(c5ccccc5)CC4)nc3)n2)cc1. The molecule has 1 fully saturated rings. The van der Waals surface area contributed by atoms with E-state index < -0.39 is 0 Å². The summed E-state index contributed by atoms with van der Waals surface area (Å²) in [6, 6.07) is 20.4. The molecule has 150 valence electrons. The molecule has 6 nitrogen and oxygen atoms in total. The Morgan fingerprint density at radius 1 is 0.767 bits per heavy atom. The molecule has 7 heteroatoms. The number of aromatic nitrogens is 3. The van der Waals surface area contributed by atoms with Crippen LogP contribution >= 0.6 is 0 Å². The highest BCUT2D eigenvalue weighted by atomic mass is 19.1. The molecule has 0 radical (unpaired) electrons. The summed E-state index contributed by atoms with van der Waals surface area (Å²) < 4.78 is 18.5. The third-order valence-corrected chi connectivity index (χ3v) is 5.25. The fraction of sp³-hybridized carbons (Fsp3) is 0.174. The first-order valence-electron chi connectivity index (χ1n) is 9.87. The van der Waals surface area contributed by atoms with Crippen LogP contribution in [0.1, 0.15) is 0 Å². The van der Waals surface area contributed by atoms with Crippen molar-refractivity contribution in [3.05, 3.63) is 78.7 Å². The van der Waals surface area contributed by atoms with Gasteiger partial charge in [-0.25, -0.2) is 9.37 Å². The second-order valence-electron chi connectivity index (χ2n) is 7.14. The summed E-state index contributed by atoms with van der Waals surface area (Å²) in [4.78, 5) is 13.7. The van der Waals surface area contributed by atoms with Gasteiger partial charge in [-0.3, -0.25) is 0 Å². The number of para-hydroxylation sites is 1. The maximum Gasteiger partial charge on any atom is 0.259 e. The highest BCUT2D eigenvalue weighted by Crippen LogP contribution is 2.24. The van der Waals surface area contributed by atoms with Crippen LogP contribution in [0.25, 0.3) is 22.8 Å². The summed E-state index contributed by atoms with van der Waals surface area (Å²) in [7, 11) is 0. The van der Waals surface area contributed by atoms with Gasteiger partial charge in [0.25, 0.3) is 5.89 Å². The van der Waals surface area contributed by atoms with Gasteiger partial charge in [-0.1, -0.05) is 23.4 Å². The second kappa shape index (κ2) is 7.94. The minimum absolute atomic E-state index is 0.299. The van der Waals surface area contributed by atoms with E-state index in [1.807, 2.05) is 18.2 Å². The van der Waals surface area contributed by atoms with Gasteiger partial charge in [0.05, 0.1) is 5.56 Å². The number of rotatable bonds is 4. The van der Waals surface area contributed by atoms with Gasteiger partial charge in [-0.15, -0.1) is 0 Å². The number of hydrogen-bond donors (Lipinski definition) is 0. The zero-order valence-electron chi connectivity index (χ0n) is 16.3. The fourth-order valence-electron chi connectivity index (χ4n) is 3.59. The van der Waals surface area contributed by atoms with Crippen molar-refractivity contribution in [3.8, 4) is 22.8 Å². The Labute approximate surface area is 173 Å². The van der Waals surface area contributed by atoms with Crippen molar-refractivity contribution in [2.24, 2.45) is 0 Å². The molecule has 0 spiro atoms. The zero-order chi connectivity index (χ0) is 20.3. The van der Waals surface area contributed by atoms with Gasteiger partial charge >= 0.3 is 0 Å². The molecule has 2 aromatic carbocycles. The molecular formula is C23H20FN5O. The Hall–Kier alpha value is -3.74. The number of benzene rings is 2. The molecule has 30 heavy (non-hydrogen) atoms. The quantitative estimate of drug-likeness (QED) is 0.509. The highest BCUT2D eigenvalue weighted by Gasteiger charge is 2.19. The van der Waals surface area contributed by atoms with Crippen molar-refractivity contribution >= 4 is 11.5 Å². The molecule has 2 aromatic heterocycles. The second-order valence-corrected chi connectivity index (χ2v) is 7.14. The summed E-state index contributed by atoms with van der Waals surface area (Å²) in [6.07, 6.45) is 1.75. The van der Waals surface area contributed by atoms with Crippen LogP contribution in [0.5, 0.6) is 0 Å². The van der Waals surface area contributed by atoms with E-state index in [4.69, 9.17) is 4.52 Å². The fourth-order valence-corrected chi connectivity index (χ4v) is 3.59. The molecule has 1 saturated heterocycles. The average molecular weight is 401 g/mol. The van der Waals surface area contributed by atoms with E-state index >= 15 is 0 Å². The van der Waals surface area contributed by atoms with Crippen molar-refractivity contribution in [1.82, 2.24) is 15.1 Å². The van der Waals surface area contributed by atoms with E-state index in [1.54, 1.807) is 18.3 Å². The minimum Gasteiger partial charge on any atom is -0.368 e. The summed E-state index contributed by atoms with van der Waals surface area (Å²) >= 11 is 0. The van der Waals surface area contributed by atoms with E-state index in [0.29, 0.717) is 17.3 Å². The molecule has 0 amide bonds. The van der Waals surface area contributed by atoms with Crippen LogP contribution in [0.3, 0.4) is 0 Å². The molecule has 1 aliphatic rings. The number of halogens is 1. The van der Waals surface area contributed by atoms with Crippen LogP contribution in [0, 0.1) is 5.82 Å². The molecule has 1 aliphatic heterocycles. The molecule has 3 heterocycles. The maximum atomic E-state index is 13.1. The van der Waals surface area contributed by atoms with Gasteiger partial charge in [0, 0.05) is 43.6 Å². The lowest BCUT2D eigenvalue weighted by Crippen LogP contribution is -2.46. The summed E-state index contributed by atoms with van der Waals surface area (Å²) in [5, 5.41) is 3.99. The Bertz CT molecular complexity index is 1100. The monoisotopic (exact) mass is 401 g/mol. The third kappa shape index (κ3) is 3.74. The topological polar surface area (TPSA) is 58.3 Å². The number of pyridine rings is 1. The molecule has 5 rings (SSSR count). The van der Waals surface area contributed by atoms with Gasteiger partial charge in [0.1, 0.15) is 11.6 Å². The molecular weight excluding hydrogens is 381 g/mol. The molecule has 0 bridgehead atoms. The van der Waals surface area contributed by atoms with Crippen LogP contribution in [-0.4, -0.2) is 41.3 Å². The lowest BCUT2D eigenvalue weighted by Gasteiger charge is -2.36. The summed E-state index contributed by atoms with van der Waals surface area (Å²) in [6.45, 7) is 3.74. The minimum atomic E-state index is -0.299. The van der Waals surface area contributed by atoms with E-state index in [-0.39, 0.29) is 5.82 Å². The predicted octanol–water partition coefficient (Wildman–Crippen LogP) is 4.26. The van der Waals surface area contributed by atoms with Crippen LogP contribution in [0.4, 0.5) is 15.9 Å². The Balaban J connectivity index is 1.26. The maximum absolute atomic E-state index is 13.1. The summed E-state index contributed by atoms with van der Waals surface area (Å²) in [5.41, 5.74) is 2.71. The van der Waals surface area contributed by atoms with Crippen LogP contribution in [0.2, 0.25) is 0 Å². The van der Waals surface area contributed by atoms with Crippen molar-refractivity contribution < 1.29 is 8.91 Å². The van der Waals surface area contributed by atoms with Crippen LogP contribution < -0.4 is 9.80 Å². The number of nitrogens with zero attached hydrogens (tertiary/aromatic N) is 5. The number of hydrogen-bond acceptors (Lipinski definition) is 6. The van der Waals surface area contributed by atoms with Gasteiger partial charge in [0.2, 0.25) is 5.82 Å². The van der Waals surface area contributed by atoms with Crippen molar-refractivity contribution in [2.75, 3.05) is 36.0 Å². The van der Waals surface area contributed by atoms with Crippen molar-refractivity contribution in [3.63, 3.8) is 0 Å². The molecule has 0 saturated carbocycles. The first kappa shape index (κ1) is 18.3. The summed E-state index contributed by atoms with van der Waals surface area (Å²) in [5.74, 6) is 1.45. The van der Waals surface area contributed by atoms with Crippen LogP contribution in [-0.2, 0) is 0 Å². The Kier molecular flexibility index (Phi) is 4.85.